The molecule has 0 unspecified atom stereocenters. The maximum absolute atomic E-state index is 12.7. The molecule has 0 radical (unpaired) electrons. The molecule has 5 rings (SSSR count). The number of amidine groups is 1. The Morgan fingerprint density at radius 3 is 2.61 bits per heavy atom. The monoisotopic (exact) mass is 626 g/mol. The maximum atomic E-state index is 12.7. The zero-order chi connectivity index (χ0) is 26.6. The van der Waals surface area contributed by atoms with E-state index in [0.717, 1.165) is 26.4 Å². The first-order valence-electron chi connectivity index (χ1n) is 11.7. The van der Waals surface area contributed by atoms with Crippen LogP contribution in [0.15, 0.2) is 87.2 Å². The van der Waals surface area contributed by atoms with Gasteiger partial charge in [0.05, 0.1) is 27.2 Å². The molecule has 0 bridgehead atoms. The molecule has 0 saturated carbocycles. The molecule has 9 heteroatoms. The van der Waals surface area contributed by atoms with E-state index in [-0.39, 0.29) is 5.91 Å². The van der Waals surface area contributed by atoms with Gasteiger partial charge in [0, 0.05) is 4.47 Å². The van der Waals surface area contributed by atoms with Crippen molar-refractivity contribution in [3.8, 4) is 11.5 Å². The van der Waals surface area contributed by atoms with E-state index in [0.29, 0.717) is 50.5 Å². The molecule has 1 aliphatic heterocycles. The van der Waals surface area contributed by atoms with Crippen LogP contribution in [-0.4, -0.2) is 17.7 Å². The van der Waals surface area contributed by atoms with Crippen molar-refractivity contribution < 1.29 is 14.3 Å². The van der Waals surface area contributed by atoms with E-state index in [9.17, 15) is 4.79 Å². The Labute approximate surface area is 243 Å². The van der Waals surface area contributed by atoms with Crippen LogP contribution in [0.1, 0.15) is 18.1 Å². The van der Waals surface area contributed by atoms with Crippen LogP contribution in [0.5, 0.6) is 11.5 Å². The SMILES string of the molecule is CCOc1cc(/C=C2/SC(=Nc3cccc(Cl)c3Cl)NC2=O)c(Br)cc1OCc1cccc2ccccc12. The van der Waals surface area contributed by atoms with Crippen LogP contribution in [0.4, 0.5) is 5.69 Å². The third-order valence-electron chi connectivity index (χ3n) is 5.72. The van der Waals surface area contributed by atoms with E-state index in [1.54, 1.807) is 24.3 Å². The van der Waals surface area contributed by atoms with Gasteiger partial charge in [-0.2, -0.15) is 0 Å². The average molecular weight is 628 g/mol. The molecule has 1 aliphatic rings. The van der Waals surface area contributed by atoms with Crippen molar-refractivity contribution in [3.05, 3.63) is 103 Å². The van der Waals surface area contributed by atoms with Gasteiger partial charge in [-0.3, -0.25) is 4.79 Å². The first kappa shape index (κ1) is 26.6. The summed E-state index contributed by atoms with van der Waals surface area (Å²) in [7, 11) is 0. The summed E-state index contributed by atoms with van der Waals surface area (Å²) in [5.74, 6) is 0.939. The van der Waals surface area contributed by atoms with Crippen molar-refractivity contribution in [2.75, 3.05) is 6.61 Å². The highest BCUT2D eigenvalue weighted by Gasteiger charge is 2.25. The van der Waals surface area contributed by atoms with Gasteiger partial charge in [0.25, 0.3) is 5.91 Å². The van der Waals surface area contributed by atoms with Crippen LogP contribution in [-0.2, 0) is 11.4 Å². The number of rotatable bonds is 7. The van der Waals surface area contributed by atoms with Crippen LogP contribution in [0.2, 0.25) is 10.0 Å². The van der Waals surface area contributed by atoms with E-state index in [4.69, 9.17) is 32.7 Å². The van der Waals surface area contributed by atoms with E-state index in [2.05, 4.69) is 50.5 Å². The number of fused-ring (bicyclic) bond motifs is 1. The molecule has 1 fully saturated rings. The fourth-order valence-electron chi connectivity index (χ4n) is 3.93. The van der Waals surface area contributed by atoms with Crippen LogP contribution in [0.25, 0.3) is 16.8 Å². The van der Waals surface area contributed by atoms with Crippen LogP contribution < -0.4 is 14.8 Å². The summed E-state index contributed by atoms with van der Waals surface area (Å²) in [5.41, 5.74) is 2.33. The summed E-state index contributed by atoms with van der Waals surface area (Å²) in [6.45, 7) is 2.77. The van der Waals surface area contributed by atoms with Gasteiger partial charge in [0.15, 0.2) is 16.7 Å². The van der Waals surface area contributed by atoms with Crippen LogP contribution in [0, 0.1) is 0 Å². The van der Waals surface area contributed by atoms with Crippen molar-refractivity contribution >= 4 is 84.5 Å². The first-order chi connectivity index (χ1) is 18.4. The number of carbonyl (C=O) groups excluding carboxylic acids is 1. The van der Waals surface area contributed by atoms with Gasteiger partial charge >= 0.3 is 0 Å². The van der Waals surface area contributed by atoms with E-state index in [1.165, 1.54) is 11.8 Å². The van der Waals surface area contributed by atoms with E-state index >= 15 is 0 Å². The summed E-state index contributed by atoms with van der Waals surface area (Å²) >= 11 is 17.2. The lowest BCUT2D eigenvalue weighted by molar-refractivity contribution is -0.115. The van der Waals surface area contributed by atoms with Gasteiger partial charge in [-0.05, 0) is 70.9 Å². The number of nitrogens with zero attached hydrogens (tertiary/aromatic N) is 1. The fourth-order valence-corrected chi connectivity index (χ4v) is 5.53. The van der Waals surface area contributed by atoms with Crippen molar-refractivity contribution in [1.29, 1.82) is 0 Å². The van der Waals surface area contributed by atoms with Gasteiger partial charge in [0.1, 0.15) is 6.61 Å². The lowest BCUT2D eigenvalue weighted by Crippen LogP contribution is -2.19. The van der Waals surface area contributed by atoms with Gasteiger partial charge in [-0.15, -0.1) is 0 Å². The largest absolute Gasteiger partial charge is 0.490 e. The second-order valence-electron chi connectivity index (χ2n) is 8.24. The molecule has 4 aromatic carbocycles. The fraction of sp³-hybridized carbons (Fsp3) is 0.103. The van der Waals surface area contributed by atoms with Crippen molar-refractivity contribution in [2.45, 2.75) is 13.5 Å². The third-order valence-corrected chi connectivity index (χ3v) is 8.12. The number of amides is 1. The van der Waals surface area contributed by atoms with Gasteiger partial charge in [0.2, 0.25) is 0 Å². The zero-order valence-corrected chi connectivity index (χ0v) is 24.0. The standard InChI is InChI=1S/C29H21BrCl2N2O3S/c1-2-36-24-13-19(14-26-28(35)34-29(38-26)33-23-12-6-11-22(31)27(23)32)21(30)15-25(24)37-16-18-9-5-8-17-7-3-4-10-20(17)18/h3-15H,2,16H2,1H3,(H,33,34,35)/b26-14+. The molecule has 0 spiro atoms. The number of thioether (sulfide) groups is 1. The number of nitrogens with one attached hydrogen (secondary N) is 1. The molecule has 38 heavy (non-hydrogen) atoms. The summed E-state index contributed by atoms with van der Waals surface area (Å²) < 4.78 is 12.9. The van der Waals surface area contributed by atoms with Gasteiger partial charge in [-0.25, -0.2) is 4.99 Å². The second kappa shape index (κ2) is 11.8. The van der Waals surface area contributed by atoms with Crippen LogP contribution in [0.3, 0.4) is 0 Å². The topological polar surface area (TPSA) is 59.9 Å². The smallest absolute Gasteiger partial charge is 0.264 e. The van der Waals surface area contributed by atoms with E-state index < -0.39 is 0 Å². The lowest BCUT2D eigenvalue weighted by Gasteiger charge is -2.15. The molecule has 1 saturated heterocycles. The summed E-state index contributed by atoms with van der Waals surface area (Å²) in [4.78, 5) is 17.6. The van der Waals surface area contributed by atoms with Gasteiger partial charge in [-0.1, -0.05) is 87.7 Å². The third kappa shape index (κ3) is 5.86. The number of benzene rings is 4. The predicted molar refractivity (Wildman–Crippen MR) is 161 cm³/mol. The Bertz CT molecular complexity index is 1600. The highest BCUT2D eigenvalue weighted by molar-refractivity contribution is 9.10. The Kier molecular flexibility index (Phi) is 8.29. The number of carbonyl (C=O) groups is 1. The normalized spacial score (nSPS) is 15.3. The zero-order valence-electron chi connectivity index (χ0n) is 20.1. The first-order valence-corrected chi connectivity index (χ1v) is 14.1. The minimum absolute atomic E-state index is 0.256. The quantitative estimate of drug-likeness (QED) is 0.208. The van der Waals surface area contributed by atoms with Crippen molar-refractivity contribution in [2.24, 2.45) is 4.99 Å². The average Bonchev–Trinajstić information content (AvgIpc) is 3.26. The Hall–Kier alpha value is -2.97. The Morgan fingerprint density at radius 2 is 1.76 bits per heavy atom. The number of halogens is 3. The molecule has 1 amide bonds. The molecule has 0 aliphatic carbocycles. The minimum atomic E-state index is -0.256. The number of hydrogen-bond acceptors (Lipinski definition) is 5. The lowest BCUT2D eigenvalue weighted by atomic mass is 10.1. The molecule has 0 atom stereocenters. The molecule has 4 aromatic rings. The predicted octanol–water partition coefficient (Wildman–Crippen LogP) is 8.78. The van der Waals surface area contributed by atoms with Crippen molar-refractivity contribution in [3.63, 3.8) is 0 Å². The molecular formula is C29H21BrCl2N2O3S. The number of aliphatic imine (C=N–C) groups is 1. The summed E-state index contributed by atoms with van der Waals surface area (Å²) in [5, 5.41) is 6.23. The Morgan fingerprint density at radius 1 is 1.00 bits per heavy atom. The summed E-state index contributed by atoms with van der Waals surface area (Å²) in [6, 6.07) is 23.3. The highest BCUT2D eigenvalue weighted by Crippen LogP contribution is 2.38. The molecule has 1 N–H and O–H groups in total. The molecule has 192 valence electrons. The molecular weight excluding hydrogens is 607 g/mol. The van der Waals surface area contributed by atoms with Crippen molar-refractivity contribution in [1.82, 2.24) is 5.32 Å². The minimum Gasteiger partial charge on any atom is -0.490 e. The summed E-state index contributed by atoms with van der Waals surface area (Å²) in [6.07, 6.45) is 1.78. The van der Waals surface area contributed by atoms with Crippen LogP contribution >= 0.6 is 50.9 Å². The second-order valence-corrected chi connectivity index (χ2v) is 10.9. The Balaban J connectivity index is 1.40. The molecule has 1 heterocycles. The van der Waals surface area contributed by atoms with Gasteiger partial charge < -0.3 is 14.8 Å². The highest BCUT2D eigenvalue weighted by atomic mass is 79.9. The molecule has 5 nitrogen and oxygen atoms in total. The van der Waals surface area contributed by atoms with E-state index in [1.807, 2.05) is 37.3 Å². The maximum Gasteiger partial charge on any atom is 0.264 e. The number of ether oxygens (including phenoxy) is 2. The molecule has 0 aromatic heterocycles. The number of hydrogen-bond donors (Lipinski definition) is 1.